The number of benzene rings is 1. The molecule has 0 bridgehead atoms. The molecule has 2 rings (SSSR count). The second kappa shape index (κ2) is 5.48. The fraction of sp³-hybridized carbons (Fsp3) is 0.357. The quantitative estimate of drug-likeness (QED) is 0.921. The zero-order valence-corrected chi connectivity index (χ0v) is 11.1. The van der Waals surface area contributed by atoms with E-state index in [1.54, 1.807) is 6.92 Å². The summed E-state index contributed by atoms with van der Waals surface area (Å²) in [4.78, 5) is 4.20. The van der Waals surface area contributed by atoms with Crippen LogP contribution in [0.25, 0.3) is 0 Å². The largest absolute Gasteiger partial charge is 0.444 e. The lowest BCUT2D eigenvalue weighted by molar-refractivity contribution is 0.420. The van der Waals surface area contributed by atoms with Crippen molar-refractivity contribution in [2.75, 3.05) is 0 Å². The van der Waals surface area contributed by atoms with Crippen molar-refractivity contribution in [1.29, 1.82) is 0 Å². The first-order valence-electron chi connectivity index (χ1n) is 6.09. The van der Waals surface area contributed by atoms with E-state index in [1.807, 2.05) is 13.8 Å². The van der Waals surface area contributed by atoms with Crippen molar-refractivity contribution >= 4 is 0 Å². The molecule has 0 fully saturated rings. The second-order valence-corrected chi connectivity index (χ2v) is 4.49. The number of halogens is 2. The zero-order chi connectivity index (χ0) is 14.0. The topological polar surface area (TPSA) is 38.1 Å². The predicted molar refractivity (Wildman–Crippen MR) is 67.6 cm³/mol. The van der Waals surface area contributed by atoms with Gasteiger partial charge in [-0.15, -0.1) is 0 Å². The number of rotatable bonds is 4. The van der Waals surface area contributed by atoms with Crippen LogP contribution in [-0.4, -0.2) is 4.98 Å². The van der Waals surface area contributed by atoms with Gasteiger partial charge in [0.25, 0.3) is 0 Å². The van der Waals surface area contributed by atoms with Gasteiger partial charge in [-0.2, -0.15) is 0 Å². The van der Waals surface area contributed by atoms with Crippen molar-refractivity contribution < 1.29 is 13.2 Å². The van der Waals surface area contributed by atoms with E-state index >= 15 is 0 Å². The van der Waals surface area contributed by atoms with Crippen LogP contribution in [0.3, 0.4) is 0 Å². The molecule has 0 aliphatic carbocycles. The smallest absolute Gasteiger partial charge is 0.208 e. The van der Waals surface area contributed by atoms with E-state index < -0.39 is 17.7 Å². The number of aryl methyl sites for hydroxylation is 2. The Kier molecular flexibility index (Phi) is 3.95. The summed E-state index contributed by atoms with van der Waals surface area (Å²) in [5, 5.41) is 3.00. The summed E-state index contributed by atoms with van der Waals surface area (Å²) >= 11 is 0. The molecule has 1 aromatic carbocycles. The Morgan fingerprint density at radius 1 is 1.26 bits per heavy atom. The van der Waals surface area contributed by atoms with Gasteiger partial charge >= 0.3 is 0 Å². The molecule has 0 aliphatic heterocycles. The molecule has 0 radical (unpaired) electrons. The Balaban J connectivity index is 2.07. The van der Waals surface area contributed by atoms with Gasteiger partial charge in [0, 0.05) is 11.6 Å². The fourth-order valence-corrected chi connectivity index (χ4v) is 1.88. The maximum atomic E-state index is 13.6. The first-order valence-corrected chi connectivity index (χ1v) is 6.09. The van der Waals surface area contributed by atoms with Gasteiger partial charge in [-0.1, -0.05) is 6.07 Å². The van der Waals surface area contributed by atoms with E-state index in [9.17, 15) is 8.78 Å². The van der Waals surface area contributed by atoms with Crippen LogP contribution < -0.4 is 5.32 Å². The fourth-order valence-electron chi connectivity index (χ4n) is 1.88. The molecule has 102 valence electrons. The van der Waals surface area contributed by atoms with Crippen LogP contribution in [0, 0.1) is 25.5 Å². The average molecular weight is 266 g/mol. The van der Waals surface area contributed by atoms with Crippen molar-refractivity contribution in [3.05, 3.63) is 52.7 Å². The highest BCUT2D eigenvalue weighted by Gasteiger charge is 2.16. The molecule has 19 heavy (non-hydrogen) atoms. The molecule has 1 heterocycles. The highest BCUT2D eigenvalue weighted by atomic mass is 19.1. The van der Waals surface area contributed by atoms with E-state index in [0.29, 0.717) is 12.4 Å². The van der Waals surface area contributed by atoms with Gasteiger partial charge < -0.3 is 9.73 Å². The number of hydrogen-bond donors (Lipinski definition) is 1. The summed E-state index contributed by atoms with van der Waals surface area (Å²) in [5.74, 6) is 0.152. The molecule has 1 aromatic heterocycles. The van der Waals surface area contributed by atoms with Crippen molar-refractivity contribution in [2.45, 2.75) is 33.4 Å². The third kappa shape index (κ3) is 2.98. The SMILES string of the molecule is Cc1nc(CNC(C)c2c(F)cccc2F)oc1C. The number of oxazole rings is 1. The number of nitrogens with one attached hydrogen (secondary N) is 1. The van der Waals surface area contributed by atoms with Crippen molar-refractivity contribution in [1.82, 2.24) is 10.3 Å². The summed E-state index contributed by atoms with van der Waals surface area (Å²) in [6, 6.07) is 3.38. The van der Waals surface area contributed by atoms with Gasteiger partial charge in [0.1, 0.15) is 17.4 Å². The Labute approximate surface area is 110 Å². The lowest BCUT2D eigenvalue weighted by atomic mass is 10.1. The number of nitrogens with zero attached hydrogens (tertiary/aromatic N) is 1. The van der Waals surface area contributed by atoms with Gasteiger partial charge in [0.15, 0.2) is 0 Å². The summed E-state index contributed by atoms with van der Waals surface area (Å²) in [6.07, 6.45) is 0. The van der Waals surface area contributed by atoms with Gasteiger partial charge in [-0.25, -0.2) is 13.8 Å². The zero-order valence-electron chi connectivity index (χ0n) is 11.1. The number of hydrogen-bond acceptors (Lipinski definition) is 3. The summed E-state index contributed by atoms with van der Waals surface area (Å²) < 4.78 is 32.6. The second-order valence-electron chi connectivity index (χ2n) is 4.49. The molecule has 2 aromatic rings. The van der Waals surface area contributed by atoms with Crippen LogP contribution >= 0.6 is 0 Å². The highest BCUT2D eigenvalue weighted by Crippen LogP contribution is 2.20. The monoisotopic (exact) mass is 266 g/mol. The molecule has 0 saturated carbocycles. The molecule has 0 saturated heterocycles. The lowest BCUT2D eigenvalue weighted by Crippen LogP contribution is -2.20. The minimum absolute atomic E-state index is 0.0301. The van der Waals surface area contributed by atoms with Gasteiger partial charge in [-0.3, -0.25) is 0 Å². The van der Waals surface area contributed by atoms with Crippen LogP contribution in [0.4, 0.5) is 8.78 Å². The standard InChI is InChI=1S/C14H16F2N2O/c1-8-10(3)19-13(18-8)7-17-9(2)14-11(15)5-4-6-12(14)16/h4-6,9,17H,7H2,1-3H3. The van der Waals surface area contributed by atoms with Gasteiger partial charge in [0.2, 0.25) is 5.89 Å². The summed E-state index contributed by atoms with van der Waals surface area (Å²) in [6.45, 7) is 5.70. The minimum Gasteiger partial charge on any atom is -0.444 e. The molecule has 1 N–H and O–H groups in total. The first kappa shape index (κ1) is 13.7. The van der Waals surface area contributed by atoms with E-state index in [0.717, 1.165) is 11.5 Å². The summed E-state index contributed by atoms with van der Waals surface area (Å²) in [7, 11) is 0. The molecule has 1 unspecified atom stereocenters. The Bertz CT molecular complexity index is 541. The molecular weight excluding hydrogens is 250 g/mol. The molecule has 5 heteroatoms. The van der Waals surface area contributed by atoms with E-state index in [2.05, 4.69) is 10.3 Å². The van der Waals surface area contributed by atoms with Crippen LogP contribution in [0.5, 0.6) is 0 Å². The minimum atomic E-state index is -0.556. The third-order valence-electron chi connectivity index (χ3n) is 3.07. The highest BCUT2D eigenvalue weighted by molar-refractivity contribution is 5.22. The normalized spacial score (nSPS) is 12.7. The maximum Gasteiger partial charge on any atom is 0.208 e. The van der Waals surface area contributed by atoms with Crippen LogP contribution in [0.1, 0.15) is 35.9 Å². The number of aromatic nitrogens is 1. The first-order chi connectivity index (χ1) is 8.99. The van der Waals surface area contributed by atoms with E-state index in [-0.39, 0.29) is 5.56 Å². The summed E-state index contributed by atoms with van der Waals surface area (Å²) in [5.41, 5.74) is 0.851. The van der Waals surface area contributed by atoms with Crippen LogP contribution in [-0.2, 0) is 6.54 Å². The molecule has 3 nitrogen and oxygen atoms in total. The molecule has 0 amide bonds. The average Bonchev–Trinajstić information content (AvgIpc) is 2.66. The third-order valence-corrected chi connectivity index (χ3v) is 3.07. The van der Waals surface area contributed by atoms with E-state index in [4.69, 9.17) is 4.42 Å². The maximum absolute atomic E-state index is 13.6. The molecular formula is C14H16F2N2O. The van der Waals surface area contributed by atoms with Crippen molar-refractivity contribution in [2.24, 2.45) is 0 Å². The molecule has 1 atom stereocenters. The molecule has 0 aliphatic rings. The Morgan fingerprint density at radius 2 is 1.89 bits per heavy atom. The van der Waals surface area contributed by atoms with Crippen LogP contribution in [0.2, 0.25) is 0 Å². The Hall–Kier alpha value is -1.75. The lowest BCUT2D eigenvalue weighted by Gasteiger charge is -2.14. The van der Waals surface area contributed by atoms with E-state index in [1.165, 1.54) is 18.2 Å². The van der Waals surface area contributed by atoms with Crippen molar-refractivity contribution in [3.8, 4) is 0 Å². The van der Waals surface area contributed by atoms with Crippen LogP contribution in [0.15, 0.2) is 22.6 Å². The van der Waals surface area contributed by atoms with Crippen molar-refractivity contribution in [3.63, 3.8) is 0 Å². The molecule has 0 spiro atoms. The van der Waals surface area contributed by atoms with Gasteiger partial charge in [0.05, 0.1) is 12.2 Å². The predicted octanol–water partition coefficient (Wildman–Crippen LogP) is 3.42. The Morgan fingerprint density at radius 3 is 2.42 bits per heavy atom. The van der Waals surface area contributed by atoms with Gasteiger partial charge in [-0.05, 0) is 32.9 Å².